The number of hydrogen-bond donors (Lipinski definition) is 1. The Balaban J connectivity index is 2.00. The third-order valence-electron chi connectivity index (χ3n) is 3.38. The Morgan fingerprint density at radius 3 is 3.00 bits per heavy atom. The zero-order valence-corrected chi connectivity index (χ0v) is 13.0. The van der Waals surface area contributed by atoms with Gasteiger partial charge in [-0.15, -0.1) is 0 Å². The van der Waals surface area contributed by atoms with Gasteiger partial charge in [0.05, 0.1) is 6.54 Å². The maximum absolute atomic E-state index is 4.61. The average Bonchev–Trinajstić information content (AvgIpc) is 2.89. The van der Waals surface area contributed by atoms with Gasteiger partial charge in [0, 0.05) is 30.1 Å². The first-order chi connectivity index (χ1) is 9.19. The topological polar surface area (TPSA) is 41.1 Å². The summed E-state index contributed by atoms with van der Waals surface area (Å²) >= 11 is 2.04. The summed E-state index contributed by atoms with van der Waals surface area (Å²) in [7, 11) is 2.18. The largest absolute Gasteiger partial charge is 0.370 e. The Morgan fingerprint density at radius 2 is 2.32 bits per heavy atom. The molecule has 0 aromatic carbocycles. The molecule has 0 aliphatic carbocycles. The Kier molecular flexibility index (Phi) is 5.45. The average molecular weight is 280 g/mol. The molecule has 1 atom stereocenters. The van der Waals surface area contributed by atoms with E-state index in [0.717, 1.165) is 36.8 Å². The molecule has 4 nitrogen and oxygen atoms in total. The fourth-order valence-corrected chi connectivity index (χ4v) is 3.56. The quantitative estimate of drug-likeness (QED) is 0.867. The molecule has 106 valence electrons. The number of aryl methyl sites for hydroxylation is 1. The van der Waals surface area contributed by atoms with Gasteiger partial charge in [-0.3, -0.25) is 4.90 Å². The molecule has 19 heavy (non-hydrogen) atoms. The van der Waals surface area contributed by atoms with E-state index in [1.54, 1.807) is 0 Å². The zero-order valence-electron chi connectivity index (χ0n) is 12.1. The summed E-state index contributed by atoms with van der Waals surface area (Å²) in [5, 5.41) is 3.34. The number of nitrogens with zero attached hydrogens (tertiary/aromatic N) is 3. The lowest BCUT2D eigenvalue weighted by Crippen LogP contribution is -2.31. The van der Waals surface area contributed by atoms with Crippen LogP contribution in [-0.4, -0.2) is 46.0 Å². The van der Waals surface area contributed by atoms with Gasteiger partial charge in [0.1, 0.15) is 11.6 Å². The second-order valence-corrected chi connectivity index (χ2v) is 6.32. The fraction of sp³-hybridized carbons (Fsp3) is 0.714. The minimum absolute atomic E-state index is 0.682. The van der Waals surface area contributed by atoms with E-state index in [9.17, 15) is 0 Å². The number of nitrogens with one attached hydrogen (secondary N) is 1. The molecule has 2 heterocycles. The summed E-state index contributed by atoms with van der Waals surface area (Å²) in [6.45, 7) is 6.00. The SMILES string of the molecule is CCCNc1cc(C)nc(CN(C)C2CCSC2)n1. The molecule has 0 radical (unpaired) electrons. The number of thioether (sulfide) groups is 1. The van der Waals surface area contributed by atoms with Crippen molar-refractivity contribution in [2.75, 3.05) is 30.4 Å². The van der Waals surface area contributed by atoms with Gasteiger partial charge in [-0.2, -0.15) is 11.8 Å². The van der Waals surface area contributed by atoms with E-state index >= 15 is 0 Å². The summed E-state index contributed by atoms with van der Waals surface area (Å²) < 4.78 is 0. The maximum Gasteiger partial charge on any atom is 0.144 e. The van der Waals surface area contributed by atoms with Crippen LogP contribution in [0.15, 0.2) is 6.07 Å². The number of aromatic nitrogens is 2. The second kappa shape index (κ2) is 7.10. The highest BCUT2D eigenvalue weighted by Crippen LogP contribution is 2.22. The minimum Gasteiger partial charge on any atom is -0.370 e. The standard InChI is InChI=1S/C14H24N4S/c1-4-6-15-13-8-11(2)16-14(17-13)9-18(3)12-5-7-19-10-12/h8,12H,4-7,9-10H2,1-3H3,(H,15,16,17). The first-order valence-electron chi connectivity index (χ1n) is 7.05. The highest BCUT2D eigenvalue weighted by Gasteiger charge is 2.20. The van der Waals surface area contributed by atoms with Crippen LogP contribution in [0.1, 0.15) is 31.3 Å². The predicted octanol–water partition coefficient (Wildman–Crippen LogP) is 2.54. The van der Waals surface area contributed by atoms with Crippen molar-refractivity contribution in [3.63, 3.8) is 0 Å². The Bertz CT molecular complexity index is 404. The summed E-state index contributed by atoms with van der Waals surface area (Å²) in [5.41, 5.74) is 1.04. The molecule has 1 N–H and O–H groups in total. The highest BCUT2D eigenvalue weighted by atomic mass is 32.2. The van der Waals surface area contributed by atoms with E-state index in [-0.39, 0.29) is 0 Å². The summed E-state index contributed by atoms with van der Waals surface area (Å²) in [6, 6.07) is 2.70. The molecule has 1 aliphatic rings. The maximum atomic E-state index is 4.61. The van der Waals surface area contributed by atoms with Crippen molar-refractivity contribution in [1.82, 2.24) is 14.9 Å². The van der Waals surface area contributed by atoms with Gasteiger partial charge in [0.2, 0.25) is 0 Å². The van der Waals surface area contributed by atoms with Crippen LogP contribution in [0.4, 0.5) is 5.82 Å². The van der Waals surface area contributed by atoms with Crippen LogP contribution in [-0.2, 0) is 6.54 Å². The van der Waals surface area contributed by atoms with Crippen LogP contribution in [0.5, 0.6) is 0 Å². The van der Waals surface area contributed by atoms with E-state index in [1.807, 2.05) is 24.8 Å². The Morgan fingerprint density at radius 1 is 1.47 bits per heavy atom. The van der Waals surface area contributed by atoms with Crippen LogP contribution in [0.2, 0.25) is 0 Å². The fourth-order valence-electron chi connectivity index (χ4n) is 2.27. The lowest BCUT2D eigenvalue weighted by molar-refractivity contribution is 0.248. The minimum atomic E-state index is 0.682. The van der Waals surface area contributed by atoms with Gasteiger partial charge in [0.15, 0.2) is 0 Å². The van der Waals surface area contributed by atoms with Crippen LogP contribution >= 0.6 is 11.8 Å². The molecule has 0 amide bonds. The second-order valence-electron chi connectivity index (χ2n) is 5.17. The van der Waals surface area contributed by atoms with E-state index in [1.165, 1.54) is 17.9 Å². The molecule has 2 rings (SSSR count). The predicted molar refractivity (Wildman–Crippen MR) is 82.7 cm³/mol. The molecule has 0 saturated carbocycles. The lowest BCUT2D eigenvalue weighted by atomic mass is 10.2. The van der Waals surface area contributed by atoms with Gasteiger partial charge < -0.3 is 5.32 Å². The van der Waals surface area contributed by atoms with Gasteiger partial charge in [-0.1, -0.05) is 6.92 Å². The number of rotatable bonds is 6. The molecule has 1 aromatic heterocycles. The zero-order chi connectivity index (χ0) is 13.7. The molecule has 1 aromatic rings. The third kappa shape index (κ3) is 4.35. The van der Waals surface area contributed by atoms with Crippen LogP contribution in [0.3, 0.4) is 0 Å². The molecule has 1 unspecified atom stereocenters. The normalized spacial score (nSPS) is 19.1. The highest BCUT2D eigenvalue weighted by molar-refractivity contribution is 7.99. The van der Waals surface area contributed by atoms with Crippen LogP contribution < -0.4 is 5.32 Å². The number of anilines is 1. The summed E-state index contributed by atoms with van der Waals surface area (Å²) in [5.74, 6) is 4.41. The Hall–Kier alpha value is -0.810. The molecule has 0 spiro atoms. The van der Waals surface area contributed by atoms with Crippen molar-refractivity contribution in [3.05, 3.63) is 17.6 Å². The summed E-state index contributed by atoms with van der Waals surface area (Å²) in [6.07, 6.45) is 2.39. The first-order valence-corrected chi connectivity index (χ1v) is 8.21. The van der Waals surface area contributed by atoms with E-state index in [2.05, 4.69) is 34.2 Å². The van der Waals surface area contributed by atoms with Crippen molar-refractivity contribution < 1.29 is 0 Å². The smallest absolute Gasteiger partial charge is 0.144 e. The van der Waals surface area contributed by atoms with Crippen molar-refractivity contribution in [3.8, 4) is 0 Å². The van der Waals surface area contributed by atoms with Crippen molar-refractivity contribution in [1.29, 1.82) is 0 Å². The molecular weight excluding hydrogens is 256 g/mol. The third-order valence-corrected chi connectivity index (χ3v) is 4.52. The van der Waals surface area contributed by atoms with Gasteiger partial charge in [0.25, 0.3) is 0 Å². The lowest BCUT2D eigenvalue weighted by Gasteiger charge is -2.22. The molecule has 1 saturated heterocycles. The molecular formula is C14H24N4S. The van der Waals surface area contributed by atoms with E-state index in [0.29, 0.717) is 6.04 Å². The van der Waals surface area contributed by atoms with Crippen LogP contribution in [0, 0.1) is 6.92 Å². The molecule has 1 aliphatic heterocycles. The van der Waals surface area contributed by atoms with Crippen molar-refractivity contribution in [2.45, 2.75) is 39.3 Å². The van der Waals surface area contributed by atoms with Crippen molar-refractivity contribution >= 4 is 17.6 Å². The summed E-state index contributed by atoms with van der Waals surface area (Å²) in [4.78, 5) is 11.6. The molecule has 1 fully saturated rings. The van der Waals surface area contributed by atoms with Crippen LogP contribution in [0.25, 0.3) is 0 Å². The van der Waals surface area contributed by atoms with E-state index < -0.39 is 0 Å². The van der Waals surface area contributed by atoms with Crippen molar-refractivity contribution in [2.24, 2.45) is 0 Å². The first kappa shape index (κ1) is 14.6. The molecule has 5 heteroatoms. The molecule has 0 bridgehead atoms. The van der Waals surface area contributed by atoms with Gasteiger partial charge in [-0.05, 0) is 32.6 Å². The van der Waals surface area contributed by atoms with Gasteiger partial charge in [-0.25, -0.2) is 9.97 Å². The van der Waals surface area contributed by atoms with E-state index in [4.69, 9.17) is 0 Å². The Labute approximate surface area is 120 Å². The monoisotopic (exact) mass is 280 g/mol. The number of hydrogen-bond acceptors (Lipinski definition) is 5. The van der Waals surface area contributed by atoms with Gasteiger partial charge >= 0.3 is 0 Å².